The van der Waals surface area contributed by atoms with Crippen LogP contribution in [0.15, 0.2) is 65.8 Å². The maximum atomic E-state index is 12.5. The lowest BCUT2D eigenvalue weighted by Crippen LogP contribution is -2.13. The molecule has 1 N–H and O–H groups in total. The number of carbonyl (C=O) groups excluding carboxylic acids is 1. The van der Waals surface area contributed by atoms with E-state index in [0.717, 1.165) is 23.2 Å². The summed E-state index contributed by atoms with van der Waals surface area (Å²) in [5.74, 6) is 0.398. The van der Waals surface area contributed by atoms with Crippen molar-refractivity contribution in [3.8, 4) is 11.4 Å². The zero-order chi connectivity index (χ0) is 19.2. The smallest absolute Gasteiger partial charge is 0.258 e. The van der Waals surface area contributed by atoms with Crippen molar-refractivity contribution < 1.29 is 4.79 Å². The van der Waals surface area contributed by atoms with Crippen LogP contribution in [-0.2, 0) is 0 Å². The number of rotatable bonds is 6. The highest BCUT2D eigenvalue weighted by Gasteiger charge is 2.11. The summed E-state index contributed by atoms with van der Waals surface area (Å²) < 4.78 is 0. The minimum atomic E-state index is -0.208. The van der Waals surface area contributed by atoms with Crippen molar-refractivity contribution in [3.05, 3.63) is 72.1 Å². The first-order chi connectivity index (χ1) is 13.1. The molecule has 1 aromatic heterocycles. The minimum Gasteiger partial charge on any atom is -0.322 e. The van der Waals surface area contributed by atoms with Crippen molar-refractivity contribution in [2.45, 2.75) is 37.3 Å². The number of hydrogen-bond donors (Lipinski definition) is 1. The van der Waals surface area contributed by atoms with Gasteiger partial charge in [-0.05, 0) is 37.1 Å². The Kier molecular flexibility index (Phi) is 6.24. The quantitative estimate of drug-likeness (QED) is 0.569. The monoisotopic (exact) mass is 377 g/mol. The molecule has 0 saturated heterocycles. The molecule has 0 aliphatic rings. The van der Waals surface area contributed by atoms with Crippen LogP contribution in [0.5, 0.6) is 0 Å². The molecule has 1 amide bonds. The highest BCUT2D eigenvalue weighted by molar-refractivity contribution is 7.99. The van der Waals surface area contributed by atoms with E-state index in [0.29, 0.717) is 16.6 Å². The van der Waals surface area contributed by atoms with E-state index in [1.165, 1.54) is 4.90 Å². The van der Waals surface area contributed by atoms with E-state index in [2.05, 4.69) is 41.3 Å². The first-order valence-electron chi connectivity index (χ1n) is 9.03. The van der Waals surface area contributed by atoms with Gasteiger partial charge in [-0.2, -0.15) is 0 Å². The lowest BCUT2D eigenvalue weighted by atomic mass is 10.2. The maximum absolute atomic E-state index is 12.5. The molecule has 3 rings (SSSR count). The second-order valence-electron chi connectivity index (χ2n) is 6.43. The van der Waals surface area contributed by atoms with Crippen molar-refractivity contribution in [1.29, 1.82) is 0 Å². The number of thioether (sulfide) groups is 1. The average Bonchev–Trinajstić information content (AvgIpc) is 2.70. The van der Waals surface area contributed by atoms with Gasteiger partial charge in [-0.3, -0.25) is 4.79 Å². The standard InChI is InChI=1S/C22H23N3OS/c1-4-16(3)27-19-10-11-20(15(2)12-19)25-22(26)18-13-23-21(24-14-18)17-8-6-5-7-9-17/h5-14,16H,4H2,1-3H3,(H,25,26). The number of hydrogen-bond acceptors (Lipinski definition) is 4. The van der Waals surface area contributed by atoms with Gasteiger partial charge < -0.3 is 5.32 Å². The summed E-state index contributed by atoms with van der Waals surface area (Å²) in [6.07, 6.45) is 4.25. The number of anilines is 1. The molecule has 1 heterocycles. The van der Waals surface area contributed by atoms with Gasteiger partial charge in [-0.15, -0.1) is 11.8 Å². The van der Waals surface area contributed by atoms with Crippen molar-refractivity contribution in [2.75, 3.05) is 5.32 Å². The third-order valence-corrected chi connectivity index (χ3v) is 5.57. The molecule has 0 aliphatic heterocycles. The van der Waals surface area contributed by atoms with E-state index in [1.807, 2.05) is 55.1 Å². The van der Waals surface area contributed by atoms with Gasteiger partial charge >= 0.3 is 0 Å². The summed E-state index contributed by atoms with van der Waals surface area (Å²) in [7, 11) is 0. The average molecular weight is 378 g/mol. The summed E-state index contributed by atoms with van der Waals surface area (Å²) in [5.41, 5.74) is 3.21. The number of aryl methyl sites for hydroxylation is 1. The van der Waals surface area contributed by atoms with Crippen molar-refractivity contribution in [1.82, 2.24) is 9.97 Å². The van der Waals surface area contributed by atoms with Gasteiger partial charge in [0.25, 0.3) is 5.91 Å². The molecule has 5 heteroatoms. The Morgan fingerprint density at radius 1 is 1.11 bits per heavy atom. The molecule has 0 aliphatic carbocycles. The van der Waals surface area contributed by atoms with Crippen LogP contribution in [0.25, 0.3) is 11.4 Å². The van der Waals surface area contributed by atoms with E-state index >= 15 is 0 Å². The molecule has 1 unspecified atom stereocenters. The Balaban J connectivity index is 1.70. The lowest BCUT2D eigenvalue weighted by Gasteiger charge is -2.12. The van der Waals surface area contributed by atoms with E-state index in [4.69, 9.17) is 0 Å². The first kappa shape index (κ1) is 19.1. The Hall–Kier alpha value is -2.66. The van der Waals surface area contributed by atoms with Gasteiger partial charge in [0.2, 0.25) is 0 Å². The van der Waals surface area contributed by atoms with Crippen LogP contribution in [-0.4, -0.2) is 21.1 Å². The molecule has 0 bridgehead atoms. The fourth-order valence-corrected chi connectivity index (χ4v) is 3.56. The van der Waals surface area contributed by atoms with Crippen molar-refractivity contribution >= 4 is 23.4 Å². The number of benzene rings is 2. The Morgan fingerprint density at radius 3 is 2.44 bits per heavy atom. The molecule has 0 spiro atoms. The SMILES string of the molecule is CCC(C)Sc1ccc(NC(=O)c2cnc(-c3ccccc3)nc2)c(C)c1. The van der Waals surface area contributed by atoms with Crippen LogP contribution in [0, 0.1) is 6.92 Å². The summed E-state index contributed by atoms with van der Waals surface area (Å²) >= 11 is 1.85. The van der Waals surface area contributed by atoms with E-state index < -0.39 is 0 Å². The van der Waals surface area contributed by atoms with Crippen LogP contribution in [0.1, 0.15) is 36.2 Å². The van der Waals surface area contributed by atoms with Crippen LogP contribution in [0.2, 0.25) is 0 Å². The lowest BCUT2D eigenvalue weighted by molar-refractivity contribution is 0.102. The number of amides is 1. The molecule has 0 fully saturated rings. The highest BCUT2D eigenvalue weighted by atomic mass is 32.2. The Bertz CT molecular complexity index is 911. The molecule has 27 heavy (non-hydrogen) atoms. The molecule has 138 valence electrons. The molecule has 0 saturated carbocycles. The third-order valence-electron chi connectivity index (χ3n) is 4.30. The topological polar surface area (TPSA) is 54.9 Å². The molecule has 3 aromatic rings. The highest BCUT2D eigenvalue weighted by Crippen LogP contribution is 2.28. The molecule has 4 nitrogen and oxygen atoms in total. The molecule has 0 radical (unpaired) electrons. The largest absolute Gasteiger partial charge is 0.322 e. The van der Waals surface area contributed by atoms with E-state index in [-0.39, 0.29) is 5.91 Å². The number of aromatic nitrogens is 2. The second kappa shape index (κ2) is 8.82. The number of nitrogens with zero attached hydrogens (tertiary/aromatic N) is 2. The zero-order valence-corrected chi connectivity index (χ0v) is 16.6. The van der Waals surface area contributed by atoms with Gasteiger partial charge in [-0.25, -0.2) is 9.97 Å². The summed E-state index contributed by atoms with van der Waals surface area (Å²) in [5, 5.41) is 3.53. The Morgan fingerprint density at radius 2 is 1.81 bits per heavy atom. The summed E-state index contributed by atoms with van der Waals surface area (Å²) in [6.45, 7) is 6.41. The maximum Gasteiger partial charge on any atom is 0.258 e. The summed E-state index contributed by atoms with van der Waals surface area (Å²) in [4.78, 5) is 22.4. The molecular formula is C22H23N3OS. The minimum absolute atomic E-state index is 0.208. The van der Waals surface area contributed by atoms with Gasteiger partial charge in [0.05, 0.1) is 5.56 Å². The molecule has 1 atom stereocenters. The predicted octanol–water partition coefficient (Wildman–Crippen LogP) is 5.59. The van der Waals surface area contributed by atoms with Crippen LogP contribution >= 0.6 is 11.8 Å². The molecular weight excluding hydrogens is 354 g/mol. The van der Waals surface area contributed by atoms with Gasteiger partial charge in [-0.1, -0.05) is 44.2 Å². The van der Waals surface area contributed by atoms with Crippen molar-refractivity contribution in [3.63, 3.8) is 0 Å². The van der Waals surface area contributed by atoms with Crippen LogP contribution in [0.4, 0.5) is 5.69 Å². The van der Waals surface area contributed by atoms with E-state index in [1.54, 1.807) is 12.4 Å². The fourth-order valence-electron chi connectivity index (χ4n) is 2.54. The van der Waals surface area contributed by atoms with Crippen molar-refractivity contribution in [2.24, 2.45) is 0 Å². The van der Waals surface area contributed by atoms with Gasteiger partial charge in [0.1, 0.15) is 0 Å². The van der Waals surface area contributed by atoms with E-state index in [9.17, 15) is 4.79 Å². The second-order valence-corrected chi connectivity index (χ2v) is 7.94. The third kappa shape index (κ3) is 4.95. The Labute approximate surface area is 164 Å². The normalized spacial score (nSPS) is 11.8. The number of nitrogens with one attached hydrogen (secondary N) is 1. The van der Waals surface area contributed by atoms with Gasteiger partial charge in [0, 0.05) is 33.8 Å². The summed E-state index contributed by atoms with van der Waals surface area (Å²) in [6, 6.07) is 15.8. The number of carbonyl (C=O) groups is 1. The zero-order valence-electron chi connectivity index (χ0n) is 15.8. The van der Waals surface area contributed by atoms with Crippen LogP contribution < -0.4 is 5.32 Å². The van der Waals surface area contributed by atoms with Gasteiger partial charge in [0.15, 0.2) is 5.82 Å². The van der Waals surface area contributed by atoms with Crippen LogP contribution in [0.3, 0.4) is 0 Å². The first-order valence-corrected chi connectivity index (χ1v) is 9.91. The molecule has 2 aromatic carbocycles. The fraction of sp³-hybridized carbons (Fsp3) is 0.227. The predicted molar refractivity (Wildman–Crippen MR) is 112 cm³/mol.